The summed E-state index contributed by atoms with van der Waals surface area (Å²) in [5.74, 6) is -2.41. The van der Waals surface area contributed by atoms with E-state index in [0.717, 1.165) is 55.5 Å². The number of hydrogen-bond donors (Lipinski definition) is 3. The minimum Gasteiger partial charge on any atom is -0.475 e. The molecule has 2 saturated heterocycles. The lowest BCUT2D eigenvalue weighted by Crippen LogP contribution is -2.47. The summed E-state index contributed by atoms with van der Waals surface area (Å²) in [6.45, 7) is 4.17. The quantitative estimate of drug-likeness (QED) is 0.413. The standard InChI is InChI=1S/C27H32N4O3.C2HF3O2/c32-24-11-13-29(18-24)17-20-9-14-30(15-10-20)26(33)19-31(23-4-2-1-3-5-23)27(34)22-7-6-21-8-12-28-25(21)16-22;3-2(4,5)1(6)7/h1-8,12,16,20,24,28,32H,9-11,13-15,17-19H2;(H,6,7). The number of anilines is 1. The third-order valence-electron chi connectivity index (χ3n) is 7.38. The van der Waals surface area contributed by atoms with Crippen LogP contribution in [-0.2, 0) is 9.59 Å². The first-order valence-corrected chi connectivity index (χ1v) is 13.4. The summed E-state index contributed by atoms with van der Waals surface area (Å²) in [6, 6.07) is 17.0. The predicted octanol–water partition coefficient (Wildman–Crippen LogP) is 3.75. The number of alkyl halides is 3. The molecule has 3 aromatic rings. The van der Waals surface area contributed by atoms with Crippen molar-refractivity contribution >= 4 is 34.4 Å². The summed E-state index contributed by atoms with van der Waals surface area (Å²) in [4.78, 5) is 44.7. The van der Waals surface area contributed by atoms with Crippen molar-refractivity contribution in [2.75, 3.05) is 44.2 Å². The van der Waals surface area contributed by atoms with Crippen molar-refractivity contribution in [1.82, 2.24) is 14.8 Å². The number of carboxylic acids is 1. The number of nitrogens with one attached hydrogen (secondary N) is 1. The number of carbonyl (C=O) groups excluding carboxylic acids is 2. The fraction of sp³-hybridized carbons (Fsp3) is 0.414. The van der Waals surface area contributed by atoms with Gasteiger partial charge in [-0.3, -0.25) is 14.5 Å². The molecule has 1 unspecified atom stereocenters. The molecule has 0 saturated carbocycles. The van der Waals surface area contributed by atoms with Crippen molar-refractivity contribution in [1.29, 1.82) is 0 Å². The smallest absolute Gasteiger partial charge is 0.475 e. The summed E-state index contributed by atoms with van der Waals surface area (Å²) in [7, 11) is 0. The molecule has 2 fully saturated rings. The molecule has 0 radical (unpaired) electrons. The highest BCUT2D eigenvalue weighted by Gasteiger charge is 2.38. The number of carboxylic acid groups (broad SMARTS) is 1. The predicted molar refractivity (Wildman–Crippen MR) is 146 cm³/mol. The van der Waals surface area contributed by atoms with Gasteiger partial charge < -0.3 is 25.0 Å². The lowest BCUT2D eigenvalue weighted by molar-refractivity contribution is -0.192. The number of carbonyl (C=O) groups is 3. The first-order valence-electron chi connectivity index (χ1n) is 13.4. The minimum absolute atomic E-state index is 0.0202. The molecule has 2 aliphatic heterocycles. The van der Waals surface area contributed by atoms with Crippen LogP contribution in [0.3, 0.4) is 0 Å². The number of β-amino-alcohol motifs (C(OH)–C–C–N with tert-alkyl or cyclic N) is 1. The highest BCUT2D eigenvalue weighted by Crippen LogP contribution is 2.23. The second-order valence-corrected chi connectivity index (χ2v) is 10.3. The number of para-hydroxylation sites is 1. The van der Waals surface area contributed by atoms with Crippen molar-refractivity contribution in [2.24, 2.45) is 5.92 Å². The Labute approximate surface area is 235 Å². The van der Waals surface area contributed by atoms with Gasteiger partial charge in [-0.2, -0.15) is 13.2 Å². The number of H-pyrrole nitrogens is 1. The molecular weight excluding hydrogens is 541 g/mol. The van der Waals surface area contributed by atoms with E-state index in [9.17, 15) is 27.9 Å². The number of halogens is 3. The first-order chi connectivity index (χ1) is 19.5. The van der Waals surface area contributed by atoms with Gasteiger partial charge in [0.05, 0.1) is 6.10 Å². The molecule has 2 aliphatic rings. The lowest BCUT2D eigenvalue weighted by atomic mass is 9.96. The number of piperidine rings is 1. The van der Waals surface area contributed by atoms with Gasteiger partial charge in [-0.1, -0.05) is 24.3 Å². The monoisotopic (exact) mass is 574 g/mol. The lowest BCUT2D eigenvalue weighted by Gasteiger charge is -2.35. The zero-order chi connectivity index (χ0) is 29.6. The normalized spacial score (nSPS) is 18.1. The maximum Gasteiger partial charge on any atom is 0.490 e. The van der Waals surface area contributed by atoms with Gasteiger partial charge >= 0.3 is 12.1 Å². The summed E-state index contributed by atoms with van der Waals surface area (Å²) in [5.41, 5.74) is 2.17. The summed E-state index contributed by atoms with van der Waals surface area (Å²) < 4.78 is 31.7. The Kier molecular flexibility index (Phi) is 9.66. The summed E-state index contributed by atoms with van der Waals surface area (Å²) in [6.07, 6.45) is -0.645. The topological polar surface area (TPSA) is 117 Å². The molecule has 220 valence electrons. The molecule has 3 heterocycles. The zero-order valence-electron chi connectivity index (χ0n) is 22.4. The van der Waals surface area contributed by atoms with Gasteiger partial charge in [0.25, 0.3) is 5.91 Å². The van der Waals surface area contributed by atoms with E-state index in [1.807, 2.05) is 65.7 Å². The third-order valence-corrected chi connectivity index (χ3v) is 7.38. The number of aromatic amines is 1. The van der Waals surface area contributed by atoms with Gasteiger partial charge in [0.15, 0.2) is 0 Å². The molecule has 0 spiro atoms. The number of amides is 2. The van der Waals surface area contributed by atoms with Gasteiger partial charge in [0.1, 0.15) is 6.54 Å². The fourth-order valence-electron chi connectivity index (χ4n) is 5.17. The number of aliphatic hydroxyl groups excluding tert-OH is 1. The highest BCUT2D eigenvalue weighted by atomic mass is 19.4. The first kappa shape index (κ1) is 30.1. The van der Waals surface area contributed by atoms with Gasteiger partial charge in [-0.25, -0.2) is 4.79 Å². The Bertz CT molecular complexity index is 1340. The van der Waals surface area contributed by atoms with Crippen LogP contribution in [0.2, 0.25) is 0 Å². The van der Waals surface area contributed by atoms with Crippen molar-refractivity contribution in [2.45, 2.75) is 31.5 Å². The highest BCUT2D eigenvalue weighted by molar-refractivity contribution is 6.10. The van der Waals surface area contributed by atoms with E-state index in [2.05, 4.69) is 9.88 Å². The molecule has 3 N–H and O–H groups in total. The van der Waals surface area contributed by atoms with E-state index in [4.69, 9.17) is 9.90 Å². The molecule has 0 bridgehead atoms. The maximum atomic E-state index is 13.5. The molecule has 1 atom stereocenters. The van der Waals surface area contributed by atoms with E-state index in [1.54, 1.807) is 4.90 Å². The third kappa shape index (κ3) is 8.08. The molecule has 41 heavy (non-hydrogen) atoms. The van der Waals surface area contributed by atoms with Crippen LogP contribution in [0.25, 0.3) is 10.9 Å². The van der Waals surface area contributed by atoms with Crippen molar-refractivity contribution in [3.63, 3.8) is 0 Å². The Morgan fingerprint density at radius 3 is 2.27 bits per heavy atom. The minimum atomic E-state index is -5.08. The average Bonchev–Trinajstić information content (AvgIpc) is 3.60. The van der Waals surface area contributed by atoms with E-state index < -0.39 is 12.1 Å². The maximum absolute atomic E-state index is 13.5. The Balaban J connectivity index is 0.000000493. The SMILES string of the molecule is O=C(CN(C(=O)c1ccc2cc[nH]c2c1)c1ccccc1)N1CCC(CN2CCC(O)C2)CC1.O=C(O)C(F)(F)F. The molecule has 9 nitrogen and oxygen atoms in total. The number of nitrogens with zero attached hydrogens (tertiary/aromatic N) is 3. The van der Waals surface area contributed by atoms with Gasteiger partial charge in [-0.15, -0.1) is 0 Å². The average molecular weight is 575 g/mol. The second-order valence-electron chi connectivity index (χ2n) is 10.3. The number of benzene rings is 2. The number of aliphatic hydroxyl groups is 1. The number of aromatic nitrogens is 1. The largest absolute Gasteiger partial charge is 0.490 e. The van der Waals surface area contributed by atoms with Gasteiger partial charge in [0.2, 0.25) is 5.91 Å². The molecule has 0 aliphatic carbocycles. The van der Waals surface area contributed by atoms with Crippen LogP contribution in [0.1, 0.15) is 29.6 Å². The molecule has 12 heteroatoms. The van der Waals surface area contributed by atoms with Crippen molar-refractivity contribution < 1.29 is 37.8 Å². The molecular formula is C29H33F3N4O5. The van der Waals surface area contributed by atoms with Crippen LogP contribution >= 0.6 is 0 Å². The molecule has 5 rings (SSSR count). The van der Waals surface area contributed by atoms with Crippen LogP contribution in [0.4, 0.5) is 18.9 Å². The zero-order valence-corrected chi connectivity index (χ0v) is 22.4. The van der Waals surface area contributed by atoms with E-state index in [0.29, 0.717) is 24.6 Å². The Morgan fingerprint density at radius 2 is 1.66 bits per heavy atom. The van der Waals surface area contributed by atoms with Crippen LogP contribution < -0.4 is 4.90 Å². The number of fused-ring (bicyclic) bond motifs is 1. The second kappa shape index (κ2) is 13.2. The molecule has 1 aromatic heterocycles. The Morgan fingerprint density at radius 1 is 0.976 bits per heavy atom. The number of likely N-dealkylation sites (tertiary alicyclic amines) is 2. The molecule has 2 amide bonds. The van der Waals surface area contributed by atoms with Crippen LogP contribution in [-0.4, -0.2) is 94.3 Å². The van der Waals surface area contributed by atoms with Crippen LogP contribution in [0, 0.1) is 5.92 Å². The van der Waals surface area contributed by atoms with E-state index in [-0.39, 0.29) is 24.5 Å². The van der Waals surface area contributed by atoms with Crippen LogP contribution in [0.15, 0.2) is 60.8 Å². The van der Waals surface area contributed by atoms with Crippen molar-refractivity contribution in [3.8, 4) is 0 Å². The van der Waals surface area contributed by atoms with Crippen LogP contribution in [0.5, 0.6) is 0 Å². The Hall–Kier alpha value is -3.90. The fourth-order valence-corrected chi connectivity index (χ4v) is 5.17. The summed E-state index contributed by atoms with van der Waals surface area (Å²) >= 11 is 0. The van der Waals surface area contributed by atoms with Gasteiger partial charge in [-0.05, 0) is 60.9 Å². The number of rotatable bonds is 6. The van der Waals surface area contributed by atoms with E-state index in [1.165, 1.54) is 0 Å². The summed E-state index contributed by atoms with van der Waals surface area (Å²) in [5, 5.41) is 17.9. The van der Waals surface area contributed by atoms with Gasteiger partial charge in [0, 0.05) is 55.7 Å². The molecule has 2 aromatic carbocycles. The van der Waals surface area contributed by atoms with Crippen molar-refractivity contribution in [3.05, 3.63) is 66.4 Å². The van der Waals surface area contributed by atoms with E-state index >= 15 is 0 Å². The number of aliphatic carboxylic acids is 1. The number of hydrogen-bond acceptors (Lipinski definition) is 5.